The van der Waals surface area contributed by atoms with Gasteiger partial charge in [0.1, 0.15) is 5.82 Å². The first kappa shape index (κ1) is 17.4. The SMILES string of the molecule is CCCNC(CCO)CS(=O)(=O)c1ccc(F)c(Cl)c1. The lowest BCUT2D eigenvalue weighted by atomic mass is 10.2. The monoisotopic (exact) mass is 323 g/mol. The number of hydrogen-bond acceptors (Lipinski definition) is 4. The molecule has 0 spiro atoms. The summed E-state index contributed by atoms with van der Waals surface area (Å²) in [6, 6.07) is 3.01. The Morgan fingerprint density at radius 2 is 2.15 bits per heavy atom. The number of sulfone groups is 1. The maximum Gasteiger partial charge on any atom is 0.179 e. The molecule has 20 heavy (non-hydrogen) atoms. The van der Waals surface area contributed by atoms with E-state index in [2.05, 4.69) is 5.32 Å². The van der Waals surface area contributed by atoms with E-state index in [1.807, 2.05) is 6.92 Å². The second kappa shape index (κ2) is 7.93. The van der Waals surface area contributed by atoms with Gasteiger partial charge < -0.3 is 10.4 Å². The Morgan fingerprint density at radius 3 is 2.70 bits per heavy atom. The molecular formula is C13H19ClFNO3S. The molecule has 1 aromatic rings. The van der Waals surface area contributed by atoms with Crippen LogP contribution in [0, 0.1) is 5.82 Å². The van der Waals surface area contributed by atoms with Crippen LogP contribution in [0.25, 0.3) is 0 Å². The van der Waals surface area contributed by atoms with Gasteiger partial charge >= 0.3 is 0 Å². The molecule has 0 fully saturated rings. The zero-order valence-electron chi connectivity index (χ0n) is 11.3. The fourth-order valence-corrected chi connectivity index (χ4v) is 3.60. The van der Waals surface area contributed by atoms with E-state index in [1.165, 1.54) is 6.07 Å². The molecule has 0 bridgehead atoms. The summed E-state index contributed by atoms with van der Waals surface area (Å²) >= 11 is 5.61. The molecule has 0 saturated carbocycles. The zero-order valence-corrected chi connectivity index (χ0v) is 12.8. The van der Waals surface area contributed by atoms with Crippen molar-refractivity contribution in [3.63, 3.8) is 0 Å². The van der Waals surface area contributed by atoms with Crippen LogP contribution in [-0.2, 0) is 9.84 Å². The largest absolute Gasteiger partial charge is 0.396 e. The number of hydrogen-bond donors (Lipinski definition) is 2. The number of nitrogens with one attached hydrogen (secondary N) is 1. The van der Waals surface area contributed by atoms with E-state index in [0.717, 1.165) is 18.6 Å². The Labute approximate surface area is 123 Å². The summed E-state index contributed by atoms with van der Waals surface area (Å²) < 4.78 is 37.5. The molecule has 7 heteroatoms. The smallest absolute Gasteiger partial charge is 0.179 e. The fourth-order valence-electron chi connectivity index (χ4n) is 1.78. The Morgan fingerprint density at radius 1 is 1.45 bits per heavy atom. The van der Waals surface area contributed by atoms with Crippen LogP contribution in [-0.4, -0.2) is 38.5 Å². The molecule has 0 amide bonds. The zero-order chi connectivity index (χ0) is 15.2. The molecule has 1 rings (SSSR count). The molecule has 0 aliphatic rings. The topological polar surface area (TPSA) is 66.4 Å². The van der Waals surface area contributed by atoms with E-state index in [-0.39, 0.29) is 28.3 Å². The van der Waals surface area contributed by atoms with Gasteiger partial charge in [0, 0.05) is 12.6 Å². The van der Waals surface area contributed by atoms with Crippen LogP contribution >= 0.6 is 11.6 Å². The third-order valence-electron chi connectivity index (χ3n) is 2.83. The van der Waals surface area contributed by atoms with Crippen molar-refractivity contribution in [1.82, 2.24) is 5.32 Å². The lowest BCUT2D eigenvalue weighted by molar-refractivity contribution is 0.269. The standard InChI is InChI=1S/C13H19ClFNO3S/c1-2-6-16-10(5-7-17)9-20(18,19)11-3-4-13(15)12(14)8-11/h3-4,8,10,16-17H,2,5-7,9H2,1H3. The summed E-state index contributed by atoms with van der Waals surface area (Å²) in [5, 5.41) is 11.8. The van der Waals surface area contributed by atoms with Gasteiger partial charge in [0.2, 0.25) is 0 Å². The minimum atomic E-state index is -3.58. The third kappa shape index (κ3) is 5.01. The first-order valence-electron chi connectivity index (χ1n) is 6.42. The minimum absolute atomic E-state index is 0.00913. The summed E-state index contributed by atoms with van der Waals surface area (Å²) in [5.74, 6) is -0.808. The highest BCUT2D eigenvalue weighted by atomic mass is 35.5. The van der Waals surface area contributed by atoms with E-state index in [9.17, 15) is 12.8 Å². The van der Waals surface area contributed by atoms with Gasteiger partial charge in [0.15, 0.2) is 9.84 Å². The molecule has 4 nitrogen and oxygen atoms in total. The molecule has 0 aliphatic carbocycles. The van der Waals surface area contributed by atoms with Gasteiger partial charge in [-0.15, -0.1) is 0 Å². The van der Waals surface area contributed by atoms with Gasteiger partial charge in [-0.25, -0.2) is 12.8 Å². The van der Waals surface area contributed by atoms with Crippen LogP contribution in [0.2, 0.25) is 5.02 Å². The average Bonchev–Trinajstić information content (AvgIpc) is 2.39. The summed E-state index contributed by atoms with van der Waals surface area (Å²) in [6.07, 6.45) is 1.21. The maximum absolute atomic E-state index is 13.1. The summed E-state index contributed by atoms with van der Waals surface area (Å²) in [4.78, 5) is -0.00913. The first-order valence-corrected chi connectivity index (χ1v) is 8.45. The molecule has 0 radical (unpaired) electrons. The van der Waals surface area contributed by atoms with E-state index >= 15 is 0 Å². The molecule has 1 atom stereocenters. The number of aliphatic hydroxyl groups is 1. The van der Waals surface area contributed by atoms with Gasteiger partial charge in [0.25, 0.3) is 0 Å². The average molecular weight is 324 g/mol. The van der Waals surface area contributed by atoms with Crippen molar-refractivity contribution in [3.8, 4) is 0 Å². The van der Waals surface area contributed by atoms with E-state index in [4.69, 9.17) is 16.7 Å². The molecule has 0 heterocycles. The highest BCUT2D eigenvalue weighted by Gasteiger charge is 2.21. The second-order valence-corrected chi connectivity index (χ2v) is 6.96. The molecule has 1 unspecified atom stereocenters. The van der Waals surface area contributed by atoms with Crippen molar-refractivity contribution < 1.29 is 17.9 Å². The molecule has 0 aliphatic heterocycles. The highest BCUT2D eigenvalue weighted by Crippen LogP contribution is 2.21. The Hall–Kier alpha value is -0.690. The van der Waals surface area contributed by atoms with E-state index in [1.54, 1.807) is 0 Å². The Bertz CT molecular complexity index is 536. The van der Waals surface area contributed by atoms with Gasteiger partial charge in [0.05, 0.1) is 15.7 Å². The molecular weight excluding hydrogens is 305 g/mol. The van der Waals surface area contributed by atoms with Crippen LogP contribution in [0.3, 0.4) is 0 Å². The van der Waals surface area contributed by atoms with Crippen molar-refractivity contribution >= 4 is 21.4 Å². The van der Waals surface area contributed by atoms with Crippen molar-refractivity contribution in [2.75, 3.05) is 18.9 Å². The predicted molar refractivity (Wildman–Crippen MR) is 77.2 cm³/mol. The molecule has 114 valence electrons. The van der Waals surface area contributed by atoms with Crippen molar-refractivity contribution in [1.29, 1.82) is 0 Å². The van der Waals surface area contributed by atoms with Crippen LogP contribution in [0.15, 0.2) is 23.1 Å². The molecule has 0 saturated heterocycles. The van der Waals surface area contributed by atoms with Crippen molar-refractivity contribution in [2.24, 2.45) is 0 Å². The minimum Gasteiger partial charge on any atom is -0.396 e. The summed E-state index contributed by atoms with van der Waals surface area (Å²) in [6.45, 7) is 2.54. The van der Waals surface area contributed by atoms with E-state index < -0.39 is 15.7 Å². The van der Waals surface area contributed by atoms with Gasteiger partial charge in [-0.1, -0.05) is 18.5 Å². The van der Waals surface area contributed by atoms with Crippen LogP contribution in [0.4, 0.5) is 4.39 Å². The normalized spacial score (nSPS) is 13.4. The fraction of sp³-hybridized carbons (Fsp3) is 0.538. The van der Waals surface area contributed by atoms with Gasteiger partial charge in [-0.05, 0) is 37.6 Å². The molecule has 1 aromatic carbocycles. The number of aliphatic hydroxyl groups excluding tert-OH is 1. The maximum atomic E-state index is 13.1. The van der Waals surface area contributed by atoms with Gasteiger partial charge in [-0.3, -0.25) is 0 Å². The molecule has 2 N–H and O–H groups in total. The number of halogens is 2. The number of benzene rings is 1. The van der Waals surface area contributed by atoms with Crippen molar-refractivity contribution in [2.45, 2.75) is 30.7 Å². The lowest BCUT2D eigenvalue weighted by Gasteiger charge is -2.17. The summed E-state index contributed by atoms with van der Waals surface area (Å²) in [5.41, 5.74) is 0. The third-order valence-corrected chi connectivity index (χ3v) is 4.93. The second-order valence-electron chi connectivity index (χ2n) is 4.52. The lowest BCUT2D eigenvalue weighted by Crippen LogP contribution is -2.37. The Kier molecular flexibility index (Phi) is 6.88. The summed E-state index contributed by atoms with van der Waals surface area (Å²) in [7, 11) is -3.58. The van der Waals surface area contributed by atoms with Crippen LogP contribution in [0.5, 0.6) is 0 Å². The van der Waals surface area contributed by atoms with E-state index in [0.29, 0.717) is 13.0 Å². The van der Waals surface area contributed by atoms with Gasteiger partial charge in [-0.2, -0.15) is 0 Å². The Balaban J connectivity index is 2.87. The molecule has 0 aromatic heterocycles. The quantitative estimate of drug-likeness (QED) is 0.718. The number of rotatable bonds is 8. The van der Waals surface area contributed by atoms with Crippen LogP contribution in [0.1, 0.15) is 19.8 Å². The highest BCUT2D eigenvalue weighted by molar-refractivity contribution is 7.91. The predicted octanol–water partition coefficient (Wildman–Crippen LogP) is 2.00. The first-order chi connectivity index (χ1) is 9.40. The van der Waals surface area contributed by atoms with Crippen LogP contribution < -0.4 is 5.32 Å². The van der Waals surface area contributed by atoms with Crippen molar-refractivity contribution in [3.05, 3.63) is 29.0 Å².